The number of methoxy groups -OCH3 is 1. The third-order valence-electron chi connectivity index (χ3n) is 3.74. The highest BCUT2D eigenvalue weighted by molar-refractivity contribution is 5.82. The van der Waals surface area contributed by atoms with Gasteiger partial charge in [0, 0.05) is 11.9 Å². The van der Waals surface area contributed by atoms with Crippen molar-refractivity contribution >= 4 is 10.9 Å². The van der Waals surface area contributed by atoms with Crippen molar-refractivity contribution in [1.29, 1.82) is 0 Å². The highest BCUT2D eigenvalue weighted by Gasteiger charge is 2.12. The predicted octanol–water partition coefficient (Wildman–Crippen LogP) is 4.39. The van der Waals surface area contributed by atoms with Gasteiger partial charge in [0.2, 0.25) is 0 Å². The zero-order valence-electron chi connectivity index (χ0n) is 12.7. The summed E-state index contributed by atoms with van der Waals surface area (Å²) in [7, 11) is 1.61. The first-order valence-electron chi connectivity index (χ1n) is 7.27. The molecule has 0 unspecified atom stereocenters. The zero-order valence-corrected chi connectivity index (χ0v) is 12.7. The normalized spacial score (nSPS) is 10.9. The van der Waals surface area contributed by atoms with Crippen LogP contribution < -0.4 is 9.47 Å². The molecule has 1 aromatic heterocycles. The predicted molar refractivity (Wildman–Crippen MR) is 84.9 cm³/mol. The number of halogens is 1. The molecule has 4 heteroatoms. The molecule has 0 spiro atoms. The van der Waals surface area contributed by atoms with Gasteiger partial charge in [0.25, 0.3) is 0 Å². The number of fused-ring (bicyclic) bond motifs is 1. The molecule has 0 radical (unpaired) electrons. The van der Waals surface area contributed by atoms with Gasteiger partial charge in [-0.25, -0.2) is 4.39 Å². The fourth-order valence-corrected chi connectivity index (χ4v) is 2.69. The molecule has 2 aromatic carbocycles. The number of hydrogen-bond donors (Lipinski definition) is 0. The summed E-state index contributed by atoms with van der Waals surface area (Å²) in [6.07, 6.45) is 0. The highest BCUT2D eigenvalue weighted by atomic mass is 19.1. The summed E-state index contributed by atoms with van der Waals surface area (Å²) in [5.41, 5.74) is 1.83. The Labute approximate surface area is 128 Å². The van der Waals surface area contributed by atoms with E-state index in [-0.39, 0.29) is 5.82 Å². The Morgan fingerprint density at radius 2 is 1.82 bits per heavy atom. The molecule has 0 saturated heterocycles. The van der Waals surface area contributed by atoms with Crippen LogP contribution in [-0.4, -0.2) is 11.7 Å². The van der Waals surface area contributed by atoms with Crippen molar-refractivity contribution < 1.29 is 13.9 Å². The summed E-state index contributed by atoms with van der Waals surface area (Å²) in [4.78, 5) is 0. The van der Waals surface area contributed by atoms with Crippen LogP contribution in [0.1, 0.15) is 12.6 Å². The summed E-state index contributed by atoms with van der Waals surface area (Å²) >= 11 is 0. The van der Waals surface area contributed by atoms with Gasteiger partial charge in [-0.1, -0.05) is 18.2 Å². The Hall–Kier alpha value is -2.49. The lowest BCUT2D eigenvalue weighted by atomic mass is 10.2. The van der Waals surface area contributed by atoms with E-state index in [4.69, 9.17) is 9.47 Å². The minimum absolute atomic E-state index is 0.205. The molecule has 1 heterocycles. The second kappa shape index (κ2) is 6.10. The van der Waals surface area contributed by atoms with Crippen LogP contribution in [0.4, 0.5) is 4.39 Å². The van der Waals surface area contributed by atoms with Gasteiger partial charge < -0.3 is 14.0 Å². The van der Waals surface area contributed by atoms with Crippen molar-refractivity contribution in [3.05, 3.63) is 60.0 Å². The summed E-state index contributed by atoms with van der Waals surface area (Å²) in [5, 5.41) is 0.628. The van der Waals surface area contributed by atoms with Crippen molar-refractivity contribution in [2.24, 2.45) is 0 Å². The van der Waals surface area contributed by atoms with Crippen LogP contribution in [0.25, 0.3) is 10.9 Å². The molecule has 0 aliphatic carbocycles. The summed E-state index contributed by atoms with van der Waals surface area (Å²) in [6, 6.07) is 14.5. The number of benzene rings is 2. The van der Waals surface area contributed by atoms with E-state index in [2.05, 4.69) is 4.57 Å². The fourth-order valence-electron chi connectivity index (χ4n) is 2.69. The lowest BCUT2D eigenvalue weighted by Gasteiger charge is -2.12. The van der Waals surface area contributed by atoms with Gasteiger partial charge in [0.05, 0.1) is 18.3 Å². The van der Waals surface area contributed by atoms with E-state index in [1.807, 2.05) is 43.3 Å². The first-order chi connectivity index (χ1) is 10.7. The molecule has 0 fully saturated rings. The van der Waals surface area contributed by atoms with Crippen molar-refractivity contribution in [3.63, 3.8) is 0 Å². The van der Waals surface area contributed by atoms with Gasteiger partial charge in [0.15, 0.2) is 11.5 Å². The third-order valence-corrected chi connectivity index (χ3v) is 3.74. The number of para-hydroxylation sites is 2. The second-order valence-corrected chi connectivity index (χ2v) is 4.99. The molecule has 0 N–H and O–H groups in total. The van der Waals surface area contributed by atoms with E-state index in [9.17, 15) is 4.39 Å². The van der Waals surface area contributed by atoms with E-state index in [0.717, 1.165) is 17.8 Å². The van der Waals surface area contributed by atoms with Crippen LogP contribution in [-0.2, 0) is 13.2 Å². The lowest BCUT2D eigenvalue weighted by molar-refractivity contribution is 0.277. The average Bonchev–Trinajstić information content (AvgIpc) is 2.92. The number of nitrogens with zero attached hydrogens (tertiary/aromatic N) is 1. The molecule has 0 amide bonds. The molecule has 0 aliphatic rings. The molecule has 3 aromatic rings. The largest absolute Gasteiger partial charge is 0.493 e. The Kier molecular flexibility index (Phi) is 4.00. The topological polar surface area (TPSA) is 23.4 Å². The van der Waals surface area contributed by atoms with Gasteiger partial charge in [-0.2, -0.15) is 0 Å². The van der Waals surface area contributed by atoms with Crippen LogP contribution in [0.3, 0.4) is 0 Å². The van der Waals surface area contributed by atoms with Crippen molar-refractivity contribution in [2.45, 2.75) is 20.1 Å². The smallest absolute Gasteiger partial charge is 0.161 e. The Morgan fingerprint density at radius 3 is 2.55 bits per heavy atom. The minimum Gasteiger partial charge on any atom is -0.493 e. The van der Waals surface area contributed by atoms with E-state index < -0.39 is 0 Å². The number of hydrogen-bond acceptors (Lipinski definition) is 2. The van der Waals surface area contributed by atoms with E-state index in [1.165, 1.54) is 6.07 Å². The van der Waals surface area contributed by atoms with Crippen LogP contribution in [0.5, 0.6) is 11.5 Å². The molecular weight excluding hydrogens is 281 g/mol. The van der Waals surface area contributed by atoms with Gasteiger partial charge in [-0.15, -0.1) is 0 Å². The second-order valence-electron chi connectivity index (χ2n) is 4.99. The number of rotatable bonds is 5. The molecular formula is C18H18FNO2. The van der Waals surface area contributed by atoms with Gasteiger partial charge in [0.1, 0.15) is 12.4 Å². The third kappa shape index (κ3) is 2.52. The van der Waals surface area contributed by atoms with Crippen molar-refractivity contribution in [3.8, 4) is 11.5 Å². The van der Waals surface area contributed by atoms with Crippen LogP contribution >= 0.6 is 0 Å². The monoisotopic (exact) mass is 299 g/mol. The van der Waals surface area contributed by atoms with Gasteiger partial charge in [-0.05, 0) is 37.3 Å². The maximum Gasteiger partial charge on any atom is 0.161 e. The van der Waals surface area contributed by atoms with Gasteiger partial charge in [-0.3, -0.25) is 0 Å². The molecule has 114 valence electrons. The quantitative estimate of drug-likeness (QED) is 0.697. The molecule has 0 bridgehead atoms. The number of aromatic nitrogens is 1. The molecule has 0 aliphatic heterocycles. The van der Waals surface area contributed by atoms with Crippen molar-refractivity contribution in [1.82, 2.24) is 4.57 Å². The Morgan fingerprint density at radius 1 is 1.05 bits per heavy atom. The Balaban J connectivity index is 1.92. The van der Waals surface area contributed by atoms with E-state index >= 15 is 0 Å². The summed E-state index contributed by atoms with van der Waals surface area (Å²) in [5.74, 6) is 1.16. The maximum absolute atomic E-state index is 13.9. The van der Waals surface area contributed by atoms with E-state index in [0.29, 0.717) is 23.5 Å². The molecule has 22 heavy (non-hydrogen) atoms. The lowest BCUT2D eigenvalue weighted by Crippen LogP contribution is -2.05. The number of ether oxygens (including phenoxy) is 2. The molecule has 3 rings (SSSR count). The molecule has 0 saturated carbocycles. The summed E-state index contributed by atoms with van der Waals surface area (Å²) < 4.78 is 27.1. The van der Waals surface area contributed by atoms with Crippen LogP contribution in [0, 0.1) is 5.82 Å². The standard InChI is InChI=1S/C18H18FNO2/c1-3-20-13(11-14-15(19)7-6-8-16(14)20)12-22-18-10-5-4-9-17(18)21-2/h4-11H,3,12H2,1-2H3. The number of aryl methyl sites for hydroxylation is 1. The zero-order chi connectivity index (χ0) is 15.5. The first-order valence-corrected chi connectivity index (χ1v) is 7.27. The fraction of sp³-hybridized carbons (Fsp3) is 0.222. The minimum atomic E-state index is -0.205. The van der Waals surface area contributed by atoms with Crippen LogP contribution in [0.15, 0.2) is 48.5 Å². The SMILES string of the molecule is CCn1c(COc2ccccc2OC)cc2c(F)cccc21. The highest BCUT2D eigenvalue weighted by Crippen LogP contribution is 2.28. The first kappa shape index (κ1) is 14.4. The van der Waals surface area contributed by atoms with E-state index in [1.54, 1.807) is 13.2 Å². The van der Waals surface area contributed by atoms with Gasteiger partial charge >= 0.3 is 0 Å². The maximum atomic E-state index is 13.9. The molecule has 3 nitrogen and oxygen atoms in total. The van der Waals surface area contributed by atoms with Crippen molar-refractivity contribution in [2.75, 3.05) is 7.11 Å². The summed E-state index contributed by atoms with van der Waals surface area (Å²) in [6.45, 7) is 3.16. The Bertz CT molecular complexity index is 795. The average molecular weight is 299 g/mol. The molecule has 0 atom stereocenters. The van der Waals surface area contributed by atoms with Crippen LogP contribution in [0.2, 0.25) is 0 Å².